The first-order valence-corrected chi connectivity index (χ1v) is 9.17. The zero-order valence-corrected chi connectivity index (χ0v) is 14.8. The number of amides is 2. The molecule has 7 heteroatoms. The van der Waals surface area contributed by atoms with E-state index in [0.29, 0.717) is 22.6 Å². The number of methoxy groups -OCH3 is 1. The summed E-state index contributed by atoms with van der Waals surface area (Å²) in [6.45, 7) is 0. The Morgan fingerprint density at radius 2 is 1.88 bits per heavy atom. The van der Waals surface area contributed by atoms with Gasteiger partial charge in [0, 0.05) is 17.0 Å². The third kappa shape index (κ3) is 2.64. The molecule has 1 N–H and O–H groups in total. The third-order valence-corrected chi connectivity index (χ3v) is 5.87. The normalized spacial score (nSPS) is 20.5. The first kappa shape index (κ1) is 16.7. The second kappa shape index (κ2) is 6.49. The van der Waals surface area contributed by atoms with Crippen molar-refractivity contribution in [3.63, 3.8) is 0 Å². The number of hydrogen-bond donors (Lipinski definition) is 1. The molecule has 0 unspecified atom stereocenters. The largest absolute Gasteiger partial charge is 0.465 e. The van der Waals surface area contributed by atoms with Gasteiger partial charge in [0.15, 0.2) is 0 Å². The number of nitrogens with one attached hydrogen (secondary N) is 1. The predicted octanol–water partition coefficient (Wildman–Crippen LogP) is 2.68. The number of carbonyl (C=O) groups is 3. The maximum atomic E-state index is 12.7. The van der Waals surface area contributed by atoms with E-state index >= 15 is 0 Å². The fourth-order valence-corrected chi connectivity index (χ4v) is 4.74. The summed E-state index contributed by atoms with van der Waals surface area (Å²) in [5, 5.41) is 2.73. The Kier molecular flexibility index (Phi) is 4.16. The molecule has 2 aliphatic heterocycles. The summed E-state index contributed by atoms with van der Waals surface area (Å²) < 4.78 is 4.66. The van der Waals surface area contributed by atoms with E-state index in [-0.39, 0.29) is 17.2 Å². The van der Waals surface area contributed by atoms with Gasteiger partial charge < -0.3 is 15.0 Å². The van der Waals surface area contributed by atoms with Crippen molar-refractivity contribution in [2.75, 3.05) is 18.2 Å². The Labute approximate surface area is 154 Å². The fraction of sp³-hybridized carbons (Fsp3) is 0.211. The summed E-state index contributed by atoms with van der Waals surface area (Å²) >= 11 is 1.60. The molecule has 2 heterocycles. The topological polar surface area (TPSA) is 75.7 Å². The minimum Gasteiger partial charge on any atom is -0.465 e. The van der Waals surface area contributed by atoms with E-state index in [0.717, 1.165) is 5.56 Å². The van der Waals surface area contributed by atoms with Gasteiger partial charge >= 0.3 is 5.97 Å². The number of ether oxygens (including phenoxy) is 1. The summed E-state index contributed by atoms with van der Waals surface area (Å²) in [5.41, 5.74) is 2.62. The molecule has 0 radical (unpaired) electrons. The smallest absolute Gasteiger partial charge is 0.337 e. The monoisotopic (exact) mass is 368 g/mol. The minimum atomic E-state index is -0.523. The number of thioether (sulfide) groups is 1. The molecule has 1 saturated heterocycles. The van der Waals surface area contributed by atoms with E-state index in [1.54, 1.807) is 47.0 Å². The van der Waals surface area contributed by atoms with Crippen LogP contribution in [0, 0.1) is 0 Å². The molecule has 26 heavy (non-hydrogen) atoms. The number of hydrogen-bond acceptors (Lipinski definition) is 5. The molecular weight excluding hydrogens is 352 g/mol. The van der Waals surface area contributed by atoms with Crippen molar-refractivity contribution in [1.29, 1.82) is 0 Å². The van der Waals surface area contributed by atoms with Gasteiger partial charge in [0.05, 0.1) is 12.7 Å². The number of benzene rings is 2. The van der Waals surface area contributed by atoms with Crippen molar-refractivity contribution in [2.24, 2.45) is 0 Å². The average Bonchev–Trinajstić information content (AvgIpc) is 3.22. The lowest BCUT2D eigenvalue weighted by atomic mass is 10.1. The molecular formula is C19H16N2O4S. The van der Waals surface area contributed by atoms with Crippen LogP contribution in [-0.2, 0) is 9.53 Å². The maximum Gasteiger partial charge on any atom is 0.337 e. The fourth-order valence-electron chi connectivity index (χ4n) is 3.28. The van der Waals surface area contributed by atoms with Crippen molar-refractivity contribution in [3.05, 3.63) is 65.2 Å². The van der Waals surface area contributed by atoms with Gasteiger partial charge in [0.25, 0.3) is 5.91 Å². The third-order valence-electron chi connectivity index (χ3n) is 4.57. The minimum absolute atomic E-state index is 0.100. The number of fused-ring (bicyclic) bond motifs is 3. The van der Waals surface area contributed by atoms with Gasteiger partial charge in [-0.1, -0.05) is 18.2 Å². The Hall–Kier alpha value is -2.80. The van der Waals surface area contributed by atoms with Crippen molar-refractivity contribution >= 4 is 35.2 Å². The Bertz CT molecular complexity index is 897. The highest BCUT2D eigenvalue weighted by Gasteiger charge is 2.48. The van der Waals surface area contributed by atoms with E-state index in [1.807, 2.05) is 18.2 Å². The van der Waals surface area contributed by atoms with Gasteiger partial charge in [-0.15, -0.1) is 11.8 Å². The van der Waals surface area contributed by atoms with Gasteiger partial charge in [-0.2, -0.15) is 0 Å². The van der Waals surface area contributed by atoms with Gasteiger partial charge in [0.2, 0.25) is 5.91 Å². The van der Waals surface area contributed by atoms with E-state index in [9.17, 15) is 14.4 Å². The molecule has 2 amide bonds. The molecule has 2 aliphatic rings. The molecule has 2 atom stereocenters. The zero-order valence-electron chi connectivity index (χ0n) is 14.0. The molecule has 132 valence electrons. The highest BCUT2D eigenvalue weighted by atomic mass is 32.2. The van der Waals surface area contributed by atoms with Crippen LogP contribution in [0.1, 0.15) is 31.7 Å². The van der Waals surface area contributed by atoms with Gasteiger partial charge in [0.1, 0.15) is 11.4 Å². The average molecular weight is 368 g/mol. The SMILES string of the molecule is COC(=O)c1ccc(NC(=O)[C@H]2CS[C@H]3c4ccccc4C(=O)N23)cc1. The molecule has 0 bridgehead atoms. The van der Waals surface area contributed by atoms with Crippen LogP contribution in [0.15, 0.2) is 48.5 Å². The summed E-state index contributed by atoms with van der Waals surface area (Å²) in [6.07, 6.45) is 0. The Balaban J connectivity index is 1.50. The van der Waals surface area contributed by atoms with Crippen LogP contribution in [0.2, 0.25) is 0 Å². The van der Waals surface area contributed by atoms with Crippen LogP contribution in [0.4, 0.5) is 5.69 Å². The Morgan fingerprint density at radius 3 is 2.62 bits per heavy atom. The lowest BCUT2D eigenvalue weighted by molar-refractivity contribution is -0.119. The van der Waals surface area contributed by atoms with E-state index in [2.05, 4.69) is 10.1 Å². The van der Waals surface area contributed by atoms with Crippen molar-refractivity contribution in [1.82, 2.24) is 4.90 Å². The zero-order chi connectivity index (χ0) is 18.3. The van der Waals surface area contributed by atoms with Crippen LogP contribution in [-0.4, -0.2) is 41.6 Å². The molecule has 2 aromatic rings. The van der Waals surface area contributed by atoms with E-state index < -0.39 is 12.0 Å². The van der Waals surface area contributed by atoms with Crippen LogP contribution < -0.4 is 5.32 Å². The predicted molar refractivity (Wildman–Crippen MR) is 98.0 cm³/mol. The molecule has 1 fully saturated rings. The molecule has 6 nitrogen and oxygen atoms in total. The number of rotatable bonds is 3. The van der Waals surface area contributed by atoms with Crippen molar-refractivity contribution in [2.45, 2.75) is 11.4 Å². The second-order valence-corrected chi connectivity index (χ2v) is 7.17. The summed E-state index contributed by atoms with van der Waals surface area (Å²) in [6, 6.07) is 13.4. The van der Waals surface area contributed by atoms with E-state index in [1.165, 1.54) is 7.11 Å². The Morgan fingerprint density at radius 1 is 1.15 bits per heavy atom. The highest BCUT2D eigenvalue weighted by molar-refractivity contribution is 7.99. The van der Waals surface area contributed by atoms with Crippen LogP contribution in [0.5, 0.6) is 0 Å². The van der Waals surface area contributed by atoms with Crippen LogP contribution in [0.25, 0.3) is 0 Å². The van der Waals surface area contributed by atoms with Crippen LogP contribution in [0.3, 0.4) is 0 Å². The molecule has 0 spiro atoms. The molecule has 0 aromatic heterocycles. The lowest BCUT2D eigenvalue weighted by Crippen LogP contribution is -2.42. The van der Waals surface area contributed by atoms with Gasteiger partial charge in [-0.25, -0.2) is 4.79 Å². The van der Waals surface area contributed by atoms with Crippen LogP contribution >= 0.6 is 11.8 Å². The summed E-state index contributed by atoms with van der Waals surface area (Å²) in [7, 11) is 1.32. The number of carbonyl (C=O) groups excluding carboxylic acids is 3. The van der Waals surface area contributed by atoms with E-state index in [4.69, 9.17) is 0 Å². The summed E-state index contributed by atoms with van der Waals surface area (Å²) in [5.74, 6) is -0.210. The van der Waals surface area contributed by atoms with Crippen molar-refractivity contribution < 1.29 is 19.1 Å². The number of nitrogens with zero attached hydrogens (tertiary/aromatic N) is 1. The number of anilines is 1. The summed E-state index contributed by atoms with van der Waals surface area (Å²) in [4.78, 5) is 38.5. The molecule has 4 rings (SSSR count). The molecule has 0 aliphatic carbocycles. The molecule has 2 aromatic carbocycles. The van der Waals surface area contributed by atoms with Gasteiger partial charge in [-0.05, 0) is 35.9 Å². The highest BCUT2D eigenvalue weighted by Crippen LogP contribution is 2.48. The number of esters is 1. The maximum absolute atomic E-state index is 12.7. The first-order chi connectivity index (χ1) is 12.6. The van der Waals surface area contributed by atoms with Crippen molar-refractivity contribution in [3.8, 4) is 0 Å². The molecule has 0 saturated carbocycles. The second-order valence-electron chi connectivity index (χ2n) is 6.06. The van der Waals surface area contributed by atoms with Gasteiger partial charge in [-0.3, -0.25) is 9.59 Å². The standard InChI is InChI=1S/C19H16N2O4S/c1-25-19(24)11-6-8-12(9-7-11)20-16(22)15-10-26-18-14-5-3-2-4-13(14)17(23)21(15)18/h2-9,15,18H,10H2,1H3,(H,20,22)/t15-,18+/m1/s1. The first-order valence-electron chi connectivity index (χ1n) is 8.12. The quantitative estimate of drug-likeness (QED) is 0.843. The lowest BCUT2D eigenvalue weighted by Gasteiger charge is -2.22.